The van der Waals surface area contributed by atoms with Crippen LogP contribution >= 0.6 is 0 Å². The van der Waals surface area contributed by atoms with Crippen molar-refractivity contribution in [1.29, 1.82) is 0 Å². The van der Waals surface area contributed by atoms with Crippen molar-refractivity contribution in [1.82, 2.24) is 9.38 Å². The molecule has 0 saturated heterocycles. The van der Waals surface area contributed by atoms with E-state index in [1.165, 1.54) is 0 Å². The maximum Gasteiger partial charge on any atom is 0.200 e. The van der Waals surface area contributed by atoms with Crippen molar-refractivity contribution in [3.05, 3.63) is 78.1 Å². The first-order valence-electron chi connectivity index (χ1n) is 8.37. The second-order valence-electron chi connectivity index (χ2n) is 6.35. The summed E-state index contributed by atoms with van der Waals surface area (Å²) in [6.07, 6.45) is 0. The Labute approximate surface area is 147 Å². The number of benzene rings is 3. The fourth-order valence-corrected chi connectivity index (χ4v) is 3.91. The third-order valence-electron chi connectivity index (χ3n) is 4.99. The van der Waals surface area contributed by atoms with E-state index < -0.39 is 0 Å². The van der Waals surface area contributed by atoms with E-state index >= 15 is 0 Å². The average molecular weight is 333 g/mol. The van der Waals surface area contributed by atoms with Gasteiger partial charge in [0.2, 0.25) is 0 Å². The van der Waals surface area contributed by atoms with Crippen LogP contribution in [0.5, 0.6) is 0 Å². The maximum atomic E-state index is 7.60. The fourth-order valence-electron chi connectivity index (χ4n) is 3.91. The standard InChI is InChI=1S/C22H11N3O/c1-23-16-10-6-12-18-19(16)20-21(26-18)13-7-2-3-8-14(13)22-24-15-9-4-5-11-17(15)25(20)22/h2-12H. The number of hydrogen-bond acceptors (Lipinski definition) is 2. The highest BCUT2D eigenvalue weighted by atomic mass is 16.3. The molecule has 0 aliphatic rings. The Kier molecular flexibility index (Phi) is 2.39. The minimum atomic E-state index is 0.593. The van der Waals surface area contributed by atoms with Crippen molar-refractivity contribution in [2.75, 3.05) is 0 Å². The molecule has 0 fully saturated rings. The number of imidazole rings is 1. The molecule has 0 spiro atoms. The summed E-state index contributed by atoms with van der Waals surface area (Å²) in [5.74, 6) is 0. The molecular weight excluding hydrogens is 322 g/mol. The molecule has 0 saturated carbocycles. The largest absolute Gasteiger partial charge is 0.455 e. The van der Waals surface area contributed by atoms with Gasteiger partial charge in [0, 0.05) is 10.8 Å². The van der Waals surface area contributed by atoms with Gasteiger partial charge in [-0.1, -0.05) is 48.5 Å². The Balaban J connectivity index is 2.09. The van der Waals surface area contributed by atoms with Crippen molar-refractivity contribution in [3.8, 4) is 0 Å². The van der Waals surface area contributed by atoms with E-state index in [2.05, 4.69) is 27.4 Å². The molecule has 0 bridgehead atoms. The molecule has 3 aromatic carbocycles. The van der Waals surface area contributed by atoms with Gasteiger partial charge in [0.1, 0.15) is 11.2 Å². The van der Waals surface area contributed by atoms with E-state index in [0.717, 1.165) is 49.5 Å². The van der Waals surface area contributed by atoms with Crippen molar-refractivity contribution in [3.63, 3.8) is 0 Å². The SMILES string of the molecule is [C-]#[N+]c1cccc2oc3c4ccccc4c4nc5ccccc5n4c3c12. The van der Waals surface area contributed by atoms with Crippen molar-refractivity contribution >= 4 is 55.2 Å². The van der Waals surface area contributed by atoms with E-state index in [0.29, 0.717) is 5.69 Å². The normalized spacial score (nSPS) is 11.8. The molecule has 3 aromatic heterocycles. The van der Waals surface area contributed by atoms with Gasteiger partial charge in [0.05, 0.1) is 28.5 Å². The summed E-state index contributed by atoms with van der Waals surface area (Å²) in [5.41, 5.74) is 5.85. The van der Waals surface area contributed by atoms with Crippen LogP contribution in [-0.4, -0.2) is 9.38 Å². The van der Waals surface area contributed by atoms with Crippen molar-refractivity contribution < 1.29 is 4.42 Å². The van der Waals surface area contributed by atoms with E-state index in [-0.39, 0.29) is 0 Å². The first-order chi connectivity index (χ1) is 12.9. The number of nitrogens with zero attached hydrogens (tertiary/aromatic N) is 3. The number of furan rings is 1. The molecule has 4 heteroatoms. The summed E-state index contributed by atoms with van der Waals surface area (Å²) in [6, 6.07) is 21.8. The highest BCUT2D eigenvalue weighted by Gasteiger charge is 2.20. The van der Waals surface area contributed by atoms with Crippen molar-refractivity contribution in [2.45, 2.75) is 0 Å². The van der Waals surface area contributed by atoms with Gasteiger partial charge in [-0.3, -0.25) is 4.40 Å². The van der Waals surface area contributed by atoms with Crippen LogP contribution in [0.1, 0.15) is 0 Å². The lowest BCUT2D eigenvalue weighted by Gasteiger charge is -2.04. The molecule has 0 amide bonds. The third-order valence-corrected chi connectivity index (χ3v) is 4.99. The fraction of sp³-hybridized carbons (Fsp3) is 0. The Morgan fingerprint density at radius 2 is 1.69 bits per heavy atom. The van der Waals surface area contributed by atoms with Gasteiger partial charge in [-0.2, -0.15) is 0 Å². The summed E-state index contributed by atoms with van der Waals surface area (Å²) in [4.78, 5) is 8.61. The number of fused-ring (bicyclic) bond motifs is 10. The number of rotatable bonds is 0. The lowest BCUT2D eigenvalue weighted by molar-refractivity contribution is 0.672. The molecule has 0 unspecified atom stereocenters. The Morgan fingerprint density at radius 3 is 2.58 bits per heavy atom. The van der Waals surface area contributed by atoms with Gasteiger partial charge < -0.3 is 4.42 Å². The monoisotopic (exact) mass is 333 g/mol. The molecular formula is C22H11N3O. The van der Waals surface area contributed by atoms with Crippen LogP contribution in [0.3, 0.4) is 0 Å². The van der Waals surface area contributed by atoms with Crippen LogP contribution in [0, 0.1) is 6.57 Å². The Hall–Kier alpha value is -3.84. The lowest BCUT2D eigenvalue weighted by Crippen LogP contribution is -1.89. The molecule has 4 nitrogen and oxygen atoms in total. The molecule has 120 valence electrons. The van der Waals surface area contributed by atoms with E-state index in [4.69, 9.17) is 16.0 Å². The molecule has 0 aliphatic heterocycles. The van der Waals surface area contributed by atoms with Gasteiger partial charge in [-0.25, -0.2) is 9.83 Å². The predicted molar refractivity (Wildman–Crippen MR) is 104 cm³/mol. The molecule has 0 aliphatic carbocycles. The quantitative estimate of drug-likeness (QED) is 0.315. The number of aromatic nitrogens is 2. The Bertz CT molecular complexity index is 1550. The lowest BCUT2D eigenvalue weighted by atomic mass is 10.1. The molecule has 6 aromatic rings. The first kappa shape index (κ1) is 13.5. The number of pyridine rings is 1. The summed E-state index contributed by atoms with van der Waals surface area (Å²) in [6.45, 7) is 7.60. The van der Waals surface area contributed by atoms with Crippen molar-refractivity contribution in [2.24, 2.45) is 0 Å². The second kappa shape index (κ2) is 4.62. The number of para-hydroxylation sites is 2. The number of hydrogen-bond donors (Lipinski definition) is 0. The van der Waals surface area contributed by atoms with E-state index in [1.54, 1.807) is 0 Å². The topological polar surface area (TPSA) is 34.8 Å². The van der Waals surface area contributed by atoms with Crippen LogP contribution < -0.4 is 0 Å². The van der Waals surface area contributed by atoms with Gasteiger partial charge in [0.25, 0.3) is 0 Å². The van der Waals surface area contributed by atoms with E-state index in [9.17, 15) is 0 Å². The highest BCUT2D eigenvalue weighted by molar-refractivity contribution is 6.21. The summed E-state index contributed by atoms with van der Waals surface area (Å²) < 4.78 is 8.38. The second-order valence-corrected chi connectivity index (χ2v) is 6.35. The van der Waals surface area contributed by atoms with Crippen LogP contribution in [0.4, 0.5) is 5.69 Å². The predicted octanol–water partition coefficient (Wildman–Crippen LogP) is 6.09. The minimum absolute atomic E-state index is 0.593. The van der Waals surface area contributed by atoms with Gasteiger partial charge in [-0.05, 0) is 18.2 Å². The van der Waals surface area contributed by atoms with Crippen LogP contribution in [-0.2, 0) is 0 Å². The molecule has 3 heterocycles. The molecule has 0 N–H and O–H groups in total. The zero-order valence-corrected chi connectivity index (χ0v) is 13.6. The Morgan fingerprint density at radius 1 is 0.885 bits per heavy atom. The molecule has 6 rings (SSSR count). The van der Waals surface area contributed by atoms with Gasteiger partial charge >= 0.3 is 0 Å². The summed E-state index contributed by atoms with van der Waals surface area (Å²) >= 11 is 0. The first-order valence-corrected chi connectivity index (χ1v) is 8.37. The minimum Gasteiger partial charge on any atom is -0.455 e. The van der Waals surface area contributed by atoms with E-state index in [1.807, 2.05) is 48.5 Å². The third kappa shape index (κ3) is 1.50. The van der Waals surface area contributed by atoms with Crippen LogP contribution in [0.15, 0.2) is 71.1 Å². The zero-order chi connectivity index (χ0) is 17.3. The van der Waals surface area contributed by atoms with Gasteiger partial charge in [0.15, 0.2) is 11.3 Å². The smallest absolute Gasteiger partial charge is 0.200 e. The van der Waals surface area contributed by atoms with Gasteiger partial charge in [-0.15, -0.1) is 0 Å². The molecule has 26 heavy (non-hydrogen) atoms. The molecule has 0 radical (unpaired) electrons. The van der Waals surface area contributed by atoms with Crippen LogP contribution in [0.2, 0.25) is 0 Å². The molecule has 0 atom stereocenters. The van der Waals surface area contributed by atoms with Crippen LogP contribution in [0.25, 0.3) is 54.4 Å². The zero-order valence-electron chi connectivity index (χ0n) is 13.6. The highest BCUT2D eigenvalue weighted by Crippen LogP contribution is 2.41. The average Bonchev–Trinajstić information content (AvgIpc) is 3.26. The summed E-state index contributed by atoms with van der Waals surface area (Å²) in [5, 5.41) is 2.90. The summed E-state index contributed by atoms with van der Waals surface area (Å²) in [7, 11) is 0. The maximum absolute atomic E-state index is 7.60.